The standard InChI is InChI=1S/C65H45F2N3/c1-39-5-13-43(14-6-39)47-21-25-55-56-26-22-48(44-15-7-40(2)8-16-44)32-61(56)69(60(55)31-47)64-35-52(51-29-53(66)37-54(67)30-51)36-65(59(64)38-68)70-62-33-49(45-17-9-41(3)10-18-45)23-27-57(62)58-28-24-50(34-63(58)70)46-19-11-42(4)12-20-46/h5-37H,1-4H3. The highest BCUT2D eigenvalue weighted by Gasteiger charge is 2.24. The van der Waals surface area contributed by atoms with Crippen molar-refractivity contribution in [3.05, 3.63) is 240 Å². The summed E-state index contributed by atoms with van der Waals surface area (Å²) in [6, 6.07) is 70.3. The second-order valence-electron chi connectivity index (χ2n) is 18.7. The fourth-order valence-corrected chi connectivity index (χ4v) is 10.2. The van der Waals surface area contributed by atoms with E-state index in [9.17, 15) is 5.26 Å². The molecule has 0 aliphatic heterocycles. The number of rotatable bonds is 7. The van der Waals surface area contributed by atoms with Crippen LogP contribution in [0.2, 0.25) is 0 Å². The Bertz CT molecular complexity index is 3630. The van der Waals surface area contributed by atoms with Crippen molar-refractivity contribution in [2.75, 3.05) is 0 Å². The largest absolute Gasteiger partial charge is 0.308 e. The second kappa shape index (κ2) is 16.7. The van der Waals surface area contributed by atoms with Gasteiger partial charge in [0, 0.05) is 27.6 Å². The van der Waals surface area contributed by atoms with E-state index in [1.54, 1.807) is 0 Å². The van der Waals surface area contributed by atoms with E-state index in [1.807, 2.05) is 12.1 Å². The maximum Gasteiger partial charge on any atom is 0.126 e. The van der Waals surface area contributed by atoms with Crippen LogP contribution in [0.25, 0.3) is 111 Å². The molecule has 0 saturated heterocycles. The maximum atomic E-state index is 15.5. The van der Waals surface area contributed by atoms with Gasteiger partial charge >= 0.3 is 0 Å². The van der Waals surface area contributed by atoms with Crippen LogP contribution in [0, 0.1) is 50.7 Å². The lowest BCUT2D eigenvalue weighted by atomic mass is 9.99. The highest BCUT2D eigenvalue weighted by molar-refractivity contribution is 6.13. The van der Waals surface area contributed by atoms with Crippen molar-refractivity contribution in [2.24, 2.45) is 0 Å². The molecule has 0 amide bonds. The number of fused-ring (bicyclic) bond motifs is 6. The summed E-state index contributed by atoms with van der Waals surface area (Å²) >= 11 is 0. The van der Waals surface area contributed by atoms with Crippen molar-refractivity contribution in [2.45, 2.75) is 27.7 Å². The van der Waals surface area contributed by atoms with E-state index >= 15 is 8.78 Å². The van der Waals surface area contributed by atoms with Gasteiger partial charge in [0.1, 0.15) is 23.3 Å². The first-order chi connectivity index (χ1) is 34.1. The highest BCUT2D eigenvalue weighted by atomic mass is 19.1. The lowest BCUT2D eigenvalue weighted by Gasteiger charge is -2.19. The molecular formula is C65H45F2N3. The van der Waals surface area contributed by atoms with Crippen molar-refractivity contribution in [3.8, 4) is 73.1 Å². The van der Waals surface area contributed by atoms with Gasteiger partial charge < -0.3 is 9.13 Å². The molecule has 10 aromatic carbocycles. The van der Waals surface area contributed by atoms with Gasteiger partial charge in [-0.15, -0.1) is 0 Å². The quantitative estimate of drug-likeness (QED) is 0.157. The molecule has 2 aromatic heterocycles. The van der Waals surface area contributed by atoms with Crippen LogP contribution in [-0.4, -0.2) is 9.13 Å². The SMILES string of the molecule is Cc1ccc(-c2ccc3c4ccc(-c5ccc(C)cc5)cc4n(-c4cc(-c5cc(F)cc(F)c5)cc(-n5c6cc(-c7ccc(C)cc7)ccc6c6ccc(-c7ccc(C)cc7)cc65)c4C#N)c3c2)cc1. The Balaban J connectivity index is 1.23. The third-order valence-electron chi connectivity index (χ3n) is 14.0. The summed E-state index contributed by atoms with van der Waals surface area (Å²) in [5, 5.41) is 15.9. The van der Waals surface area contributed by atoms with Crippen molar-refractivity contribution in [3.63, 3.8) is 0 Å². The van der Waals surface area contributed by atoms with Crippen LogP contribution >= 0.6 is 0 Å². The fourth-order valence-electron chi connectivity index (χ4n) is 10.2. The molecule has 0 fully saturated rings. The number of hydrogen-bond acceptors (Lipinski definition) is 1. The zero-order valence-electron chi connectivity index (χ0n) is 39.2. The fraction of sp³-hybridized carbons (Fsp3) is 0.0615. The number of halogens is 2. The van der Waals surface area contributed by atoms with Gasteiger partial charge in [-0.25, -0.2) is 8.78 Å². The molecule has 334 valence electrons. The Morgan fingerprint density at radius 3 is 0.829 bits per heavy atom. The molecule has 5 heteroatoms. The van der Waals surface area contributed by atoms with Crippen molar-refractivity contribution >= 4 is 43.6 Å². The van der Waals surface area contributed by atoms with Gasteiger partial charge in [-0.3, -0.25) is 0 Å². The first kappa shape index (κ1) is 42.5. The molecule has 0 radical (unpaired) electrons. The molecule has 0 unspecified atom stereocenters. The lowest BCUT2D eigenvalue weighted by molar-refractivity contribution is 0.584. The second-order valence-corrected chi connectivity index (χ2v) is 18.7. The van der Waals surface area contributed by atoms with Gasteiger partial charge in [0.05, 0.1) is 33.4 Å². The lowest BCUT2D eigenvalue weighted by Crippen LogP contribution is -2.05. The summed E-state index contributed by atoms with van der Waals surface area (Å²) in [5.41, 5.74) is 19.1. The van der Waals surface area contributed by atoms with Crippen molar-refractivity contribution in [1.82, 2.24) is 9.13 Å². The molecule has 0 aliphatic carbocycles. The van der Waals surface area contributed by atoms with Gasteiger partial charge in [-0.2, -0.15) is 5.26 Å². The van der Waals surface area contributed by atoms with E-state index < -0.39 is 11.6 Å². The van der Waals surface area contributed by atoms with Crippen LogP contribution in [0.15, 0.2) is 200 Å². The van der Waals surface area contributed by atoms with Crippen LogP contribution in [-0.2, 0) is 0 Å². The van der Waals surface area contributed by atoms with Gasteiger partial charge in [0.2, 0.25) is 0 Å². The van der Waals surface area contributed by atoms with E-state index in [2.05, 4.69) is 213 Å². The number of hydrogen-bond donors (Lipinski definition) is 0. The van der Waals surface area contributed by atoms with Gasteiger partial charge in [-0.1, -0.05) is 168 Å². The van der Waals surface area contributed by atoms with Crippen LogP contribution in [0.3, 0.4) is 0 Å². The molecule has 0 N–H and O–H groups in total. The molecule has 0 aliphatic rings. The Labute approximate surface area is 405 Å². The first-order valence-electron chi connectivity index (χ1n) is 23.6. The van der Waals surface area contributed by atoms with Gasteiger partial charge in [0.15, 0.2) is 0 Å². The third-order valence-corrected chi connectivity index (χ3v) is 14.0. The topological polar surface area (TPSA) is 33.6 Å². The predicted molar refractivity (Wildman–Crippen MR) is 286 cm³/mol. The smallest absolute Gasteiger partial charge is 0.126 e. The molecule has 12 rings (SSSR count). The van der Waals surface area contributed by atoms with Crippen LogP contribution < -0.4 is 0 Å². The van der Waals surface area contributed by atoms with E-state index in [0.717, 1.165) is 94.2 Å². The van der Waals surface area contributed by atoms with Crippen molar-refractivity contribution in [1.29, 1.82) is 5.26 Å². The van der Waals surface area contributed by atoms with Crippen LogP contribution in [0.4, 0.5) is 8.78 Å². The van der Waals surface area contributed by atoms with E-state index in [-0.39, 0.29) is 0 Å². The molecule has 70 heavy (non-hydrogen) atoms. The summed E-state index contributed by atoms with van der Waals surface area (Å²) in [5.74, 6) is -1.38. The maximum absolute atomic E-state index is 15.5. The normalized spacial score (nSPS) is 11.6. The zero-order valence-corrected chi connectivity index (χ0v) is 39.2. The molecule has 0 saturated carbocycles. The zero-order chi connectivity index (χ0) is 47.8. The predicted octanol–water partition coefficient (Wildman–Crippen LogP) is 17.6. The van der Waals surface area contributed by atoms with E-state index in [0.29, 0.717) is 28.1 Å². The highest BCUT2D eigenvalue weighted by Crippen LogP contribution is 2.43. The Kier molecular flexibility index (Phi) is 10.2. The third kappa shape index (κ3) is 7.33. The Morgan fingerprint density at radius 2 is 0.557 bits per heavy atom. The summed E-state index contributed by atoms with van der Waals surface area (Å²) in [7, 11) is 0. The minimum Gasteiger partial charge on any atom is -0.308 e. The average molecular weight is 906 g/mol. The molecule has 0 bridgehead atoms. The van der Waals surface area contributed by atoms with Crippen molar-refractivity contribution < 1.29 is 8.78 Å². The van der Waals surface area contributed by atoms with E-state index in [4.69, 9.17) is 0 Å². The van der Waals surface area contributed by atoms with Gasteiger partial charge in [0.25, 0.3) is 0 Å². The van der Waals surface area contributed by atoms with Crippen LogP contribution in [0.5, 0.6) is 0 Å². The molecule has 3 nitrogen and oxygen atoms in total. The Morgan fingerprint density at radius 1 is 0.300 bits per heavy atom. The summed E-state index contributed by atoms with van der Waals surface area (Å²) in [4.78, 5) is 0. The molecule has 0 spiro atoms. The number of aryl methyl sites for hydroxylation is 4. The number of nitrogens with zero attached hydrogens (tertiary/aromatic N) is 3. The van der Waals surface area contributed by atoms with E-state index in [1.165, 1.54) is 34.4 Å². The molecule has 12 aromatic rings. The van der Waals surface area contributed by atoms with Gasteiger partial charge in [-0.05, 0) is 132 Å². The summed E-state index contributed by atoms with van der Waals surface area (Å²) in [6.07, 6.45) is 0. The monoisotopic (exact) mass is 905 g/mol. The summed E-state index contributed by atoms with van der Waals surface area (Å²) < 4.78 is 35.3. The van der Waals surface area contributed by atoms with Crippen LogP contribution in [0.1, 0.15) is 27.8 Å². The molecular weight excluding hydrogens is 861 g/mol. The molecule has 0 atom stereocenters. The number of nitriles is 1. The minimum atomic E-state index is -0.688. The number of aromatic nitrogens is 2. The molecule has 2 heterocycles. The first-order valence-corrected chi connectivity index (χ1v) is 23.6. The number of benzene rings is 10. The summed E-state index contributed by atoms with van der Waals surface area (Å²) in [6.45, 7) is 8.33. The Hall–Kier alpha value is -8.85. The average Bonchev–Trinajstić information content (AvgIpc) is 3.87. The minimum absolute atomic E-state index is 0.354.